The lowest BCUT2D eigenvalue weighted by Gasteiger charge is -2.14. The van der Waals surface area contributed by atoms with Gasteiger partial charge in [-0.2, -0.15) is 4.72 Å². The Morgan fingerprint density at radius 2 is 1.67 bits per heavy atom. The molecule has 0 aliphatic rings. The van der Waals surface area contributed by atoms with Gasteiger partial charge in [0.15, 0.2) is 6.61 Å². The summed E-state index contributed by atoms with van der Waals surface area (Å²) in [5.74, 6) is -2.05. The summed E-state index contributed by atoms with van der Waals surface area (Å²) in [6.07, 6.45) is 0. The van der Waals surface area contributed by atoms with Gasteiger partial charge in [0.2, 0.25) is 10.0 Å². The lowest BCUT2D eigenvalue weighted by Crippen LogP contribution is -2.40. The first-order chi connectivity index (χ1) is 12.7. The molecule has 1 amide bonds. The van der Waals surface area contributed by atoms with Crippen LogP contribution in [-0.2, 0) is 24.3 Å². The standard InChI is InChI=1S/C18H19FN2O5S/c1-12-3-7-15(8-4-12)20-17(22)11-26-18(23)13(2)21-27(24,25)16-9-5-14(19)6-10-16/h3-10,13,21H,11H2,1-2H3,(H,20,22)/t13-/m0/s1. The number of nitrogens with one attached hydrogen (secondary N) is 2. The van der Waals surface area contributed by atoms with Crippen LogP contribution in [0.4, 0.5) is 10.1 Å². The Labute approximate surface area is 156 Å². The minimum absolute atomic E-state index is 0.194. The second kappa shape index (κ2) is 8.74. The molecule has 0 saturated heterocycles. The molecule has 2 N–H and O–H groups in total. The van der Waals surface area contributed by atoms with Gasteiger partial charge in [0.25, 0.3) is 5.91 Å². The first kappa shape index (κ1) is 20.5. The van der Waals surface area contributed by atoms with Crippen molar-refractivity contribution in [1.29, 1.82) is 0 Å². The summed E-state index contributed by atoms with van der Waals surface area (Å²) in [5, 5.41) is 2.55. The maximum Gasteiger partial charge on any atom is 0.324 e. The molecule has 0 spiro atoms. The van der Waals surface area contributed by atoms with Crippen molar-refractivity contribution in [3.8, 4) is 0 Å². The summed E-state index contributed by atoms with van der Waals surface area (Å²) in [6, 6.07) is 9.94. The van der Waals surface area contributed by atoms with Crippen molar-refractivity contribution in [2.75, 3.05) is 11.9 Å². The normalized spacial score (nSPS) is 12.3. The fourth-order valence-electron chi connectivity index (χ4n) is 2.06. The number of aryl methyl sites for hydroxylation is 1. The van der Waals surface area contributed by atoms with Crippen molar-refractivity contribution in [2.45, 2.75) is 24.8 Å². The fourth-order valence-corrected chi connectivity index (χ4v) is 3.25. The highest BCUT2D eigenvalue weighted by Crippen LogP contribution is 2.11. The predicted octanol–water partition coefficient (Wildman–Crippen LogP) is 1.98. The number of esters is 1. The number of carbonyl (C=O) groups is 2. The number of halogens is 1. The van der Waals surface area contributed by atoms with Gasteiger partial charge < -0.3 is 10.1 Å². The predicted molar refractivity (Wildman–Crippen MR) is 97.0 cm³/mol. The highest BCUT2D eigenvalue weighted by molar-refractivity contribution is 7.89. The average molecular weight is 394 g/mol. The highest BCUT2D eigenvalue weighted by atomic mass is 32.2. The topological polar surface area (TPSA) is 102 Å². The molecule has 9 heteroatoms. The number of ether oxygens (including phenoxy) is 1. The summed E-state index contributed by atoms with van der Waals surface area (Å²) in [5.41, 5.74) is 1.58. The summed E-state index contributed by atoms with van der Waals surface area (Å²) < 4.78 is 44.1. The minimum Gasteiger partial charge on any atom is -0.454 e. The van der Waals surface area contributed by atoms with Gasteiger partial charge in [0.05, 0.1) is 4.90 Å². The van der Waals surface area contributed by atoms with Crippen LogP contribution in [0, 0.1) is 12.7 Å². The van der Waals surface area contributed by atoms with Crippen LogP contribution in [0.25, 0.3) is 0 Å². The van der Waals surface area contributed by atoms with E-state index in [0.29, 0.717) is 5.69 Å². The van der Waals surface area contributed by atoms with Gasteiger partial charge in [-0.15, -0.1) is 0 Å². The van der Waals surface area contributed by atoms with Crippen LogP contribution in [0.1, 0.15) is 12.5 Å². The largest absolute Gasteiger partial charge is 0.454 e. The van der Waals surface area contributed by atoms with E-state index in [0.717, 1.165) is 29.8 Å². The molecule has 144 valence electrons. The zero-order valence-corrected chi connectivity index (χ0v) is 15.5. The van der Waals surface area contributed by atoms with E-state index in [4.69, 9.17) is 4.74 Å². The Balaban J connectivity index is 1.86. The summed E-state index contributed by atoms with van der Waals surface area (Å²) in [7, 11) is -4.03. The van der Waals surface area contributed by atoms with Gasteiger partial charge in [-0.05, 0) is 50.2 Å². The van der Waals surface area contributed by atoms with E-state index in [-0.39, 0.29) is 4.90 Å². The number of anilines is 1. The molecule has 7 nitrogen and oxygen atoms in total. The zero-order valence-electron chi connectivity index (χ0n) is 14.7. The molecule has 0 bridgehead atoms. The summed E-state index contributed by atoms with van der Waals surface area (Å²) in [4.78, 5) is 23.5. The maximum atomic E-state index is 12.9. The average Bonchev–Trinajstić information content (AvgIpc) is 2.61. The van der Waals surface area contributed by atoms with Gasteiger partial charge in [-0.1, -0.05) is 17.7 Å². The smallest absolute Gasteiger partial charge is 0.324 e. The molecular weight excluding hydrogens is 375 g/mol. The van der Waals surface area contributed by atoms with Crippen LogP contribution >= 0.6 is 0 Å². The second-order valence-electron chi connectivity index (χ2n) is 5.82. The molecule has 0 unspecified atom stereocenters. The molecule has 2 rings (SSSR count). The molecular formula is C18H19FN2O5S. The van der Waals surface area contributed by atoms with E-state index < -0.39 is 40.4 Å². The number of rotatable bonds is 7. The Kier molecular flexibility index (Phi) is 6.65. The van der Waals surface area contributed by atoms with Crippen molar-refractivity contribution >= 4 is 27.6 Å². The lowest BCUT2D eigenvalue weighted by molar-refractivity contribution is -0.148. The third-order valence-corrected chi connectivity index (χ3v) is 5.05. The molecule has 0 aliphatic carbocycles. The van der Waals surface area contributed by atoms with Gasteiger partial charge in [0, 0.05) is 5.69 Å². The van der Waals surface area contributed by atoms with Crippen molar-refractivity contribution in [3.05, 3.63) is 59.9 Å². The van der Waals surface area contributed by atoms with Crippen LogP contribution in [0.2, 0.25) is 0 Å². The molecule has 1 atom stereocenters. The third kappa shape index (κ3) is 6.15. The first-order valence-electron chi connectivity index (χ1n) is 7.98. The Morgan fingerprint density at radius 3 is 2.26 bits per heavy atom. The van der Waals surface area contributed by atoms with Crippen molar-refractivity contribution in [2.24, 2.45) is 0 Å². The first-order valence-corrected chi connectivity index (χ1v) is 9.47. The highest BCUT2D eigenvalue weighted by Gasteiger charge is 2.23. The van der Waals surface area contributed by atoms with E-state index in [1.54, 1.807) is 12.1 Å². The second-order valence-corrected chi connectivity index (χ2v) is 7.53. The fraction of sp³-hybridized carbons (Fsp3) is 0.222. The van der Waals surface area contributed by atoms with Crippen LogP contribution < -0.4 is 10.0 Å². The Hall–Kier alpha value is -2.78. The lowest BCUT2D eigenvalue weighted by atomic mass is 10.2. The maximum absolute atomic E-state index is 12.9. The Morgan fingerprint density at radius 1 is 1.07 bits per heavy atom. The molecule has 0 aromatic heterocycles. The van der Waals surface area contributed by atoms with Gasteiger partial charge in [0.1, 0.15) is 11.9 Å². The molecule has 27 heavy (non-hydrogen) atoms. The molecule has 0 saturated carbocycles. The van der Waals surface area contributed by atoms with E-state index in [2.05, 4.69) is 10.0 Å². The molecule has 2 aromatic carbocycles. The number of sulfonamides is 1. The van der Waals surface area contributed by atoms with Gasteiger partial charge in [-0.3, -0.25) is 9.59 Å². The van der Waals surface area contributed by atoms with Gasteiger partial charge in [-0.25, -0.2) is 12.8 Å². The minimum atomic E-state index is -4.03. The van der Waals surface area contributed by atoms with Crippen LogP contribution in [0.3, 0.4) is 0 Å². The monoisotopic (exact) mass is 394 g/mol. The molecule has 2 aromatic rings. The zero-order chi connectivity index (χ0) is 20.0. The van der Waals surface area contributed by atoms with Crippen molar-refractivity contribution in [3.63, 3.8) is 0 Å². The number of carbonyl (C=O) groups excluding carboxylic acids is 2. The van der Waals surface area contributed by atoms with Crippen molar-refractivity contribution < 1.29 is 27.1 Å². The summed E-state index contributed by atoms with van der Waals surface area (Å²) in [6.45, 7) is 2.62. The number of hydrogen-bond acceptors (Lipinski definition) is 5. The quantitative estimate of drug-likeness (QED) is 0.700. The SMILES string of the molecule is Cc1ccc(NC(=O)COC(=O)[C@H](C)NS(=O)(=O)c2ccc(F)cc2)cc1. The molecule has 0 radical (unpaired) electrons. The number of amides is 1. The molecule has 0 fully saturated rings. The van der Waals surface area contributed by atoms with Crippen molar-refractivity contribution in [1.82, 2.24) is 4.72 Å². The van der Waals surface area contributed by atoms with E-state index in [1.165, 1.54) is 6.92 Å². The Bertz CT molecular complexity index is 912. The van der Waals surface area contributed by atoms with Gasteiger partial charge >= 0.3 is 5.97 Å². The van der Waals surface area contributed by atoms with E-state index in [9.17, 15) is 22.4 Å². The number of benzene rings is 2. The van der Waals surface area contributed by atoms with E-state index >= 15 is 0 Å². The third-order valence-electron chi connectivity index (χ3n) is 3.49. The van der Waals surface area contributed by atoms with Crippen LogP contribution in [-0.4, -0.2) is 32.9 Å². The molecule has 0 aliphatic heterocycles. The number of hydrogen-bond donors (Lipinski definition) is 2. The van der Waals surface area contributed by atoms with E-state index in [1.807, 2.05) is 19.1 Å². The summed E-state index contributed by atoms with van der Waals surface area (Å²) >= 11 is 0. The van der Waals surface area contributed by atoms with Crippen LogP contribution in [0.15, 0.2) is 53.4 Å². The van der Waals surface area contributed by atoms with Crippen LogP contribution in [0.5, 0.6) is 0 Å². The molecule has 0 heterocycles.